The third-order valence-electron chi connectivity index (χ3n) is 3.81. The Bertz CT molecular complexity index is 556. The Kier molecular flexibility index (Phi) is 4.75. The summed E-state index contributed by atoms with van der Waals surface area (Å²) in [6.07, 6.45) is 1.82. The molecule has 0 saturated carbocycles. The van der Waals surface area contributed by atoms with Crippen molar-refractivity contribution in [3.8, 4) is 0 Å². The summed E-state index contributed by atoms with van der Waals surface area (Å²) in [5, 5.41) is 9.53. The van der Waals surface area contributed by atoms with E-state index in [4.69, 9.17) is 0 Å². The molecule has 21 heavy (non-hydrogen) atoms. The molecule has 1 aliphatic heterocycles. The number of aliphatic hydroxyl groups excluding tert-OH is 1. The molecule has 0 aromatic heterocycles. The zero-order valence-electron chi connectivity index (χ0n) is 12.2. The first-order valence-corrected chi connectivity index (χ1v) is 6.91. The lowest BCUT2D eigenvalue weighted by atomic mass is 9.94. The van der Waals surface area contributed by atoms with Crippen molar-refractivity contribution in [3.05, 3.63) is 48.0 Å². The largest absolute Gasteiger partial charge is 0.394 e. The minimum absolute atomic E-state index is 0.0104. The molecule has 112 valence electrons. The third kappa shape index (κ3) is 3.31. The van der Waals surface area contributed by atoms with Gasteiger partial charge in [0.1, 0.15) is 0 Å². The van der Waals surface area contributed by atoms with Crippen LogP contribution in [0, 0.1) is 0 Å². The minimum atomic E-state index is -0.290. The van der Waals surface area contributed by atoms with Crippen LogP contribution in [0.2, 0.25) is 0 Å². The quantitative estimate of drug-likeness (QED) is 0.824. The second-order valence-electron chi connectivity index (χ2n) is 5.23. The van der Waals surface area contributed by atoms with Crippen LogP contribution in [-0.4, -0.2) is 53.0 Å². The highest BCUT2D eigenvalue weighted by Gasteiger charge is 2.29. The molecule has 0 aliphatic carbocycles. The van der Waals surface area contributed by atoms with Gasteiger partial charge in [-0.05, 0) is 23.6 Å². The van der Waals surface area contributed by atoms with Gasteiger partial charge in [-0.2, -0.15) is 0 Å². The summed E-state index contributed by atoms with van der Waals surface area (Å²) in [6.45, 7) is 3.78. The number of aliphatic hydroxyl groups is 1. The molecular formula is C16H20N2O3. The number of hydrogen-bond acceptors (Lipinski definition) is 3. The van der Waals surface area contributed by atoms with Gasteiger partial charge in [-0.3, -0.25) is 9.59 Å². The van der Waals surface area contributed by atoms with E-state index in [0.29, 0.717) is 13.0 Å². The van der Waals surface area contributed by atoms with Crippen LogP contribution in [-0.2, 0) is 22.6 Å². The van der Waals surface area contributed by atoms with Crippen LogP contribution >= 0.6 is 0 Å². The van der Waals surface area contributed by atoms with Gasteiger partial charge in [0.25, 0.3) is 0 Å². The van der Waals surface area contributed by atoms with Crippen LogP contribution in [0.1, 0.15) is 11.1 Å². The topological polar surface area (TPSA) is 60.9 Å². The Balaban J connectivity index is 2.13. The number of carbonyl (C=O) groups excluding carboxylic acids is 2. The average molecular weight is 288 g/mol. The van der Waals surface area contributed by atoms with E-state index in [0.717, 1.165) is 11.1 Å². The van der Waals surface area contributed by atoms with Crippen molar-refractivity contribution in [1.29, 1.82) is 0 Å². The van der Waals surface area contributed by atoms with Crippen LogP contribution in [0.3, 0.4) is 0 Å². The Morgan fingerprint density at radius 3 is 2.71 bits per heavy atom. The third-order valence-corrected chi connectivity index (χ3v) is 3.81. The van der Waals surface area contributed by atoms with Gasteiger partial charge in [0.05, 0.1) is 19.2 Å². The molecular weight excluding hydrogens is 268 g/mol. The molecule has 0 radical (unpaired) electrons. The van der Waals surface area contributed by atoms with E-state index < -0.39 is 0 Å². The van der Waals surface area contributed by atoms with Crippen molar-refractivity contribution in [3.63, 3.8) is 0 Å². The molecule has 1 heterocycles. The Hall–Kier alpha value is -2.14. The van der Waals surface area contributed by atoms with Gasteiger partial charge in [0, 0.05) is 13.6 Å². The highest BCUT2D eigenvalue weighted by atomic mass is 16.3. The van der Waals surface area contributed by atoms with Crippen molar-refractivity contribution in [2.24, 2.45) is 0 Å². The lowest BCUT2D eigenvalue weighted by Crippen LogP contribution is -2.49. The molecule has 1 N–H and O–H groups in total. The molecule has 1 aliphatic rings. The zero-order valence-corrected chi connectivity index (χ0v) is 12.2. The summed E-state index contributed by atoms with van der Waals surface area (Å²) in [5.41, 5.74) is 2.25. The monoisotopic (exact) mass is 288 g/mol. The molecule has 0 bridgehead atoms. The fourth-order valence-electron chi connectivity index (χ4n) is 2.57. The molecule has 5 heteroatoms. The lowest BCUT2D eigenvalue weighted by Gasteiger charge is -2.36. The molecule has 2 rings (SSSR count). The zero-order chi connectivity index (χ0) is 15.4. The number of likely N-dealkylation sites (N-methyl/N-ethyl adjacent to an activating group) is 1. The number of fused-ring (bicyclic) bond motifs is 1. The number of nitrogens with zero attached hydrogens (tertiary/aromatic N) is 2. The van der Waals surface area contributed by atoms with Gasteiger partial charge in [-0.25, -0.2) is 0 Å². The fraction of sp³-hybridized carbons (Fsp3) is 0.375. The van der Waals surface area contributed by atoms with Gasteiger partial charge in [-0.15, -0.1) is 0 Å². The van der Waals surface area contributed by atoms with Crippen molar-refractivity contribution < 1.29 is 14.7 Å². The molecule has 0 spiro atoms. The molecule has 1 aromatic rings. The summed E-state index contributed by atoms with van der Waals surface area (Å²) in [4.78, 5) is 26.8. The van der Waals surface area contributed by atoms with Crippen LogP contribution in [0.5, 0.6) is 0 Å². The van der Waals surface area contributed by atoms with Gasteiger partial charge >= 0.3 is 0 Å². The highest BCUT2D eigenvalue weighted by Crippen LogP contribution is 2.23. The number of carbonyl (C=O) groups is 2. The Morgan fingerprint density at radius 1 is 1.43 bits per heavy atom. The molecule has 0 unspecified atom stereocenters. The standard InChI is InChI=1S/C16H20N2O3/c1-3-15(20)17(2)10-16(21)18-9-13-7-5-4-6-12(13)8-14(18)11-19/h3-7,14,19H,1,8-11H2,2H3/t14-/m1/s1. The molecule has 1 aromatic carbocycles. The maximum absolute atomic E-state index is 12.4. The van der Waals surface area contributed by atoms with Crippen molar-refractivity contribution in [1.82, 2.24) is 9.80 Å². The van der Waals surface area contributed by atoms with Gasteiger partial charge in [0.15, 0.2) is 0 Å². The van der Waals surface area contributed by atoms with Crippen LogP contribution in [0.25, 0.3) is 0 Å². The summed E-state index contributed by atoms with van der Waals surface area (Å²) < 4.78 is 0. The molecule has 0 fully saturated rings. The van der Waals surface area contributed by atoms with Crippen LogP contribution < -0.4 is 0 Å². The lowest BCUT2D eigenvalue weighted by molar-refractivity contribution is -0.140. The molecule has 0 saturated heterocycles. The Morgan fingerprint density at radius 2 is 2.10 bits per heavy atom. The van der Waals surface area contributed by atoms with E-state index in [2.05, 4.69) is 6.58 Å². The number of rotatable bonds is 4. The van der Waals surface area contributed by atoms with E-state index in [1.165, 1.54) is 11.0 Å². The van der Waals surface area contributed by atoms with Crippen molar-refractivity contribution in [2.45, 2.75) is 19.0 Å². The second-order valence-corrected chi connectivity index (χ2v) is 5.23. The summed E-state index contributed by atoms with van der Waals surface area (Å²) in [6, 6.07) is 7.67. The first kappa shape index (κ1) is 15.3. The normalized spacial score (nSPS) is 17.0. The summed E-state index contributed by atoms with van der Waals surface area (Å²) in [7, 11) is 1.56. The van der Waals surface area contributed by atoms with Crippen LogP contribution in [0.4, 0.5) is 0 Å². The van der Waals surface area contributed by atoms with E-state index in [-0.39, 0.29) is 31.0 Å². The summed E-state index contributed by atoms with van der Waals surface area (Å²) >= 11 is 0. The SMILES string of the molecule is C=CC(=O)N(C)CC(=O)N1Cc2ccccc2C[C@@H]1CO. The highest BCUT2D eigenvalue weighted by molar-refractivity contribution is 5.90. The van der Waals surface area contributed by atoms with Crippen LogP contribution in [0.15, 0.2) is 36.9 Å². The van der Waals surface area contributed by atoms with E-state index in [1.54, 1.807) is 11.9 Å². The van der Waals surface area contributed by atoms with Gasteiger partial charge in [-0.1, -0.05) is 30.8 Å². The van der Waals surface area contributed by atoms with Gasteiger partial charge in [0.2, 0.25) is 11.8 Å². The predicted octanol–water partition coefficient (Wildman–Crippen LogP) is 0.577. The molecule has 1 atom stereocenters. The van der Waals surface area contributed by atoms with E-state index in [9.17, 15) is 14.7 Å². The van der Waals surface area contributed by atoms with E-state index >= 15 is 0 Å². The van der Waals surface area contributed by atoms with Crippen molar-refractivity contribution in [2.75, 3.05) is 20.2 Å². The van der Waals surface area contributed by atoms with E-state index in [1.807, 2.05) is 24.3 Å². The fourth-order valence-corrected chi connectivity index (χ4v) is 2.57. The maximum atomic E-state index is 12.4. The average Bonchev–Trinajstić information content (AvgIpc) is 2.52. The molecule has 2 amide bonds. The smallest absolute Gasteiger partial charge is 0.246 e. The number of hydrogen-bond donors (Lipinski definition) is 1. The minimum Gasteiger partial charge on any atom is -0.394 e. The predicted molar refractivity (Wildman–Crippen MR) is 79.4 cm³/mol. The molecule has 5 nitrogen and oxygen atoms in total. The first-order valence-electron chi connectivity index (χ1n) is 6.91. The Labute approximate surface area is 124 Å². The number of benzene rings is 1. The first-order chi connectivity index (χ1) is 10.1. The number of amides is 2. The van der Waals surface area contributed by atoms with Gasteiger partial charge < -0.3 is 14.9 Å². The second kappa shape index (κ2) is 6.54. The summed E-state index contributed by atoms with van der Waals surface area (Å²) in [5.74, 6) is -0.456. The maximum Gasteiger partial charge on any atom is 0.246 e. The van der Waals surface area contributed by atoms with Crippen molar-refractivity contribution >= 4 is 11.8 Å².